The number of aryl methyl sites for hydroxylation is 1. The highest BCUT2D eigenvalue weighted by molar-refractivity contribution is 6.30. The fourth-order valence-corrected chi connectivity index (χ4v) is 2.04. The average molecular weight is 282 g/mol. The van der Waals surface area contributed by atoms with Gasteiger partial charge in [-0.25, -0.2) is 8.78 Å². The summed E-state index contributed by atoms with van der Waals surface area (Å²) in [6.07, 6.45) is 0. The highest BCUT2D eigenvalue weighted by Gasteiger charge is 2.10. The lowest BCUT2D eigenvalue weighted by Crippen LogP contribution is -2.08. The van der Waals surface area contributed by atoms with Gasteiger partial charge in [0, 0.05) is 6.04 Å². The summed E-state index contributed by atoms with van der Waals surface area (Å²) in [7, 11) is 0. The minimum absolute atomic E-state index is 0.0656. The van der Waals surface area contributed by atoms with Crippen LogP contribution in [0, 0.1) is 18.6 Å². The Labute approximate surface area is 116 Å². The zero-order valence-electron chi connectivity index (χ0n) is 10.7. The van der Waals surface area contributed by atoms with Crippen LogP contribution >= 0.6 is 11.6 Å². The van der Waals surface area contributed by atoms with E-state index >= 15 is 0 Å². The van der Waals surface area contributed by atoms with Crippen LogP contribution < -0.4 is 5.32 Å². The normalized spacial score (nSPS) is 12.3. The molecule has 0 amide bonds. The molecule has 0 aliphatic heterocycles. The van der Waals surface area contributed by atoms with Gasteiger partial charge in [0.05, 0.1) is 10.7 Å². The first-order valence-corrected chi connectivity index (χ1v) is 6.33. The van der Waals surface area contributed by atoms with E-state index in [1.165, 1.54) is 12.1 Å². The number of rotatable bonds is 3. The summed E-state index contributed by atoms with van der Waals surface area (Å²) in [5, 5.41) is 3.12. The van der Waals surface area contributed by atoms with Crippen LogP contribution in [0.25, 0.3) is 0 Å². The fraction of sp³-hybridized carbons (Fsp3) is 0.200. The summed E-state index contributed by atoms with van der Waals surface area (Å²) in [6, 6.07) is 9.17. The van der Waals surface area contributed by atoms with Gasteiger partial charge < -0.3 is 5.32 Å². The molecule has 2 aromatic rings. The maximum atomic E-state index is 13.6. The maximum absolute atomic E-state index is 13.6. The summed E-state index contributed by atoms with van der Waals surface area (Å²) in [6.45, 7) is 3.76. The van der Waals surface area contributed by atoms with E-state index in [9.17, 15) is 8.78 Å². The molecule has 0 radical (unpaired) electrons. The lowest BCUT2D eigenvalue weighted by molar-refractivity contribution is 0.623. The molecule has 0 aliphatic rings. The highest BCUT2D eigenvalue weighted by Crippen LogP contribution is 2.25. The molecule has 1 N–H and O–H groups in total. The Hall–Kier alpha value is -1.61. The third kappa shape index (κ3) is 3.24. The zero-order valence-corrected chi connectivity index (χ0v) is 11.4. The van der Waals surface area contributed by atoms with E-state index in [1.807, 2.05) is 13.8 Å². The monoisotopic (exact) mass is 281 g/mol. The van der Waals surface area contributed by atoms with Crippen LogP contribution in [0.5, 0.6) is 0 Å². The molecule has 0 bridgehead atoms. The Morgan fingerprint density at radius 3 is 2.42 bits per heavy atom. The Kier molecular flexibility index (Phi) is 4.05. The smallest absolute Gasteiger partial charge is 0.146 e. The molecule has 0 aliphatic carbocycles. The number of benzene rings is 2. The van der Waals surface area contributed by atoms with E-state index in [4.69, 9.17) is 11.6 Å². The minimum atomic E-state index is -0.459. The number of nitrogens with one attached hydrogen (secondary N) is 1. The lowest BCUT2D eigenvalue weighted by atomic mass is 10.1. The van der Waals surface area contributed by atoms with Crippen LogP contribution in [-0.4, -0.2) is 0 Å². The molecule has 4 heteroatoms. The predicted octanol–water partition coefficient (Wildman–Crippen LogP) is 5.10. The largest absolute Gasteiger partial charge is 0.376 e. The topological polar surface area (TPSA) is 12.0 Å². The minimum Gasteiger partial charge on any atom is -0.376 e. The van der Waals surface area contributed by atoms with E-state index in [-0.39, 0.29) is 16.9 Å². The van der Waals surface area contributed by atoms with E-state index in [0.717, 1.165) is 11.1 Å². The standard InChI is InChI=1S/C15H14ClF2N/c1-9-3-5-14(18)15(7-9)19-10(2)11-4-6-13(17)12(16)8-11/h3-8,10,19H,1-2H3. The van der Waals surface area contributed by atoms with Crippen molar-refractivity contribution in [2.75, 3.05) is 5.32 Å². The molecule has 2 aromatic carbocycles. The van der Waals surface area contributed by atoms with Gasteiger partial charge in [-0.1, -0.05) is 23.7 Å². The van der Waals surface area contributed by atoms with E-state index in [0.29, 0.717) is 5.69 Å². The molecular weight excluding hydrogens is 268 g/mol. The lowest BCUT2D eigenvalue weighted by Gasteiger charge is -2.17. The van der Waals surface area contributed by atoms with Crippen LogP contribution in [0.15, 0.2) is 36.4 Å². The Bertz CT molecular complexity index is 599. The summed E-state index contributed by atoms with van der Waals surface area (Å²) in [5.74, 6) is -0.773. The molecule has 0 fully saturated rings. The van der Waals surface area contributed by atoms with Crippen LogP contribution in [0.3, 0.4) is 0 Å². The molecule has 0 saturated heterocycles. The Balaban J connectivity index is 2.22. The molecule has 1 unspecified atom stereocenters. The average Bonchev–Trinajstić information content (AvgIpc) is 2.37. The van der Waals surface area contributed by atoms with Gasteiger partial charge in [0.25, 0.3) is 0 Å². The van der Waals surface area contributed by atoms with Crippen LogP contribution in [0.1, 0.15) is 24.1 Å². The second-order valence-corrected chi connectivity index (χ2v) is 4.93. The molecule has 0 saturated carbocycles. The predicted molar refractivity (Wildman–Crippen MR) is 74.6 cm³/mol. The van der Waals surface area contributed by atoms with Gasteiger partial charge in [-0.3, -0.25) is 0 Å². The van der Waals surface area contributed by atoms with Crippen molar-refractivity contribution in [3.8, 4) is 0 Å². The van der Waals surface area contributed by atoms with Crippen molar-refractivity contribution in [1.29, 1.82) is 0 Å². The second-order valence-electron chi connectivity index (χ2n) is 4.52. The van der Waals surface area contributed by atoms with Crippen molar-refractivity contribution in [1.82, 2.24) is 0 Å². The zero-order chi connectivity index (χ0) is 14.0. The van der Waals surface area contributed by atoms with Gasteiger partial charge in [0.1, 0.15) is 11.6 Å². The summed E-state index contributed by atoms with van der Waals surface area (Å²) in [4.78, 5) is 0. The molecule has 0 heterocycles. The van der Waals surface area contributed by atoms with E-state index < -0.39 is 5.82 Å². The molecule has 19 heavy (non-hydrogen) atoms. The first-order valence-electron chi connectivity index (χ1n) is 5.95. The molecule has 1 nitrogen and oxygen atoms in total. The van der Waals surface area contributed by atoms with Crippen LogP contribution in [-0.2, 0) is 0 Å². The number of hydrogen-bond donors (Lipinski definition) is 1. The van der Waals surface area contributed by atoms with Gasteiger partial charge in [-0.2, -0.15) is 0 Å². The third-order valence-electron chi connectivity index (χ3n) is 2.94. The van der Waals surface area contributed by atoms with Gasteiger partial charge in [0.2, 0.25) is 0 Å². The van der Waals surface area contributed by atoms with E-state index in [2.05, 4.69) is 5.32 Å². The van der Waals surface area contributed by atoms with Gasteiger partial charge >= 0.3 is 0 Å². The Morgan fingerprint density at radius 1 is 1.05 bits per heavy atom. The summed E-state index contributed by atoms with van der Waals surface area (Å²) in [5.41, 5.74) is 2.19. The molecule has 100 valence electrons. The number of anilines is 1. The molecule has 2 rings (SSSR count). The molecule has 0 aromatic heterocycles. The summed E-state index contributed by atoms with van der Waals surface area (Å²) >= 11 is 5.74. The van der Waals surface area contributed by atoms with Gasteiger partial charge in [-0.15, -0.1) is 0 Å². The molecule has 1 atom stereocenters. The Morgan fingerprint density at radius 2 is 1.74 bits per heavy atom. The van der Waals surface area contributed by atoms with Crippen molar-refractivity contribution in [2.24, 2.45) is 0 Å². The van der Waals surface area contributed by atoms with Crippen LogP contribution in [0.4, 0.5) is 14.5 Å². The maximum Gasteiger partial charge on any atom is 0.146 e. The van der Waals surface area contributed by atoms with Crippen molar-refractivity contribution in [3.63, 3.8) is 0 Å². The second kappa shape index (κ2) is 5.57. The highest BCUT2D eigenvalue weighted by atomic mass is 35.5. The van der Waals surface area contributed by atoms with Gasteiger partial charge in [-0.05, 0) is 49.2 Å². The SMILES string of the molecule is Cc1ccc(F)c(NC(C)c2ccc(F)c(Cl)c2)c1. The van der Waals surface area contributed by atoms with Crippen molar-refractivity contribution in [3.05, 3.63) is 64.2 Å². The first-order chi connectivity index (χ1) is 8.97. The molecular formula is C15H14ClF2N. The first kappa shape index (κ1) is 13.8. The fourth-order valence-electron chi connectivity index (χ4n) is 1.85. The van der Waals surface area contributed by atoms with Crippen molar-refractivity contribution < 1.29 is 8.78 Å². The van der Waals surface area contributed by atoms with E-state index in [1.54, 1.807) is 24.3 Å². The molecule has 0 spiro atoms. The van der Waals surface area contributed by atoms with Crippen LogP contribution in [0.2, 0.25) is 5.02 Å². The number of halogens is 3. The van der Waals surface area contributed by atoms with Gasteiger partial charge in [0.15, 0.2) is 0 Å². The quantitative estimate of drug-likeness (QED) is 0.825. The van der Waals surface area contributed by atoms with Crippen molar-refractivity contribution in [2.45, 2.75) is 19.9 Å². The summed E-state index contributed by atoms with van der Waals surface area (Å²) < 4.78 is 26.7. The third-order valence-corrected chi connectivity index (χ3v) is 3.23. The number of hydrogen-bond acceptors (Lipinski definition) is 1. The van der Waals surface area contributed by atoms with Crippen molar-refractivity contribution >= 4 is 17.3 Å².